The number of hydrogen-bond acceptors (Lipinski definition) is 3. The molecule has 4 heteroatoms. The van der Waals surface area contributed by atoms with Crippen molar-refractivity contribution in [2.24, 2.45) is 0 Å². The number of carbonyl (C=O) groups is 2. The van der Waals surface area contributed by atoms with Gasteiger partial charge >= 0.3 is 5.97 Å². The van der Waals surface area contributed by atoms with Gasteiger partial charge in [-0.2, -0.15) is 0 Å². The average Bonchev–Trinajstić information content (AvgIpc) is 2.21. The van der Waals surface area contributed by atoms with Crippen LogP contribution in [0.5, 0.6) is 0 Å². The van der Waals surface area contributed by atoms with Crippen LogP contribution in [0.15, 0.2) is 0 Å². The van der Waals surface area contributed by atoms with E-state index in [0.717, 1.165) is 6.42 Å². The maximum absolute atomic E-state index is 11.7. The first-order valence-electron chi connectivity index (χ1n) is 6.15. The van der Waals surface area contributed by atoms with Crippen molar-refractivity contribution in [2.45, 2.75) is 65.5 Å². The second kappa shape index (κ2) is 6.62. The molecule has 0 aromatic carbocycles. The van der Waals surface area contributed by atoms with E-state index in [-0.39, 0.29) is 30.8 Å². The Kier molecular flexibility index (Phi) is 6.21. The number of hydrogen-bond donors (Lipinski definition) is 0. The summed E-state index contributed by atoms with van der Waals surface area (Å²) >= 11 is 0. The number of amides is 1. The molecule has 0 spiro atoms. The highest BCUT2D eigenvalue weighted by Crippen LogP contribution is 2.10. The van der Waals surface area contributed by atoms with E-state index in [1.807, 2.05) is 34.6 Å². The summed E-state index contributed by atoms with van der Waals surface area (Å²) in [4.78, 5) is 24.8. The van der Waals surface area contributed by atoms with Crippen LogP contribution in [0.3, 0.4) is 0 Å². The molecule has 1 unspecified atom stereocenters. The Bertz CT molecular complexity index is 268. The molecule has 0 saturated carbocycles. The lowest BCUT2D eigenvalue weighted by atomic mass is 10.2. The summed E-state index contributed by atoms with van der Waals surface area (Å²) in [6.45, 7) is 9.47. The predicted molar refractivity (Wildman–Crippen MR) is 67.6 cm³/mol. The summed E-state index contributed by atoms with van der Waals surface area (Å²) < 4.78 is 5.14. The van der Waals surface area contributed by atoms with Gasteiger partial charge in [0.05, 0.1) is 6.42 Å². The van der Waals surface area contributed by atoms with E-state index in [0.29, 0.717) is 0 Å². The summed E-state index contributed by atoms with van der Waals surface area (Å²) in [5.74, 6) is -0.325. The first-order valence-corrected chi connectivity index (χ1v) is 6.15. The van der Waals surface area contributed by atoms with E-state index in [9.17, 15) is 9.59 Å². The summed E-state index contributed by atoms with van der Waals surface area (Å²) in [5.41, 5.74) is -0.483. The first kappa shape index (κ1) is 15.9. The van der Waals surface area contributed by atoms with E-state index < -0.39 is 5.60 Å². The van der Waals surface area contributed by atoms with Crippen molar-refractivity contribution in [3.8, 4) is 0 Å². The van der Waals surface area contributed by atoms with Gasteiger partial charge in [-0.15, -0.1) is 0 Å². The number of esters is 1. The van der Waals surface area contributed by atoms with Crippen LogP contribution >= 0.6 is 0 Å². The Labute approximate surface area is 104 Å². The van der Waals surface area contributed by atoms with Crippen LogP contribution in [-0.4, -0.2) is 35.5 Å². The summed E-state index contributed by atoms with van der Waals surface area (Å²) in [7, 11) is 1.77. The van der Waals surface area contributed by atoms with Gasteiger partial charge in [0.25, 0.3) is 0 Å². The Morgan fingerprint density at radius 2 is 1.76 bits per heavy atom. The third-order valence-electron chi connectivity index (χ3n) is 2.61. The van der Waals surface area contributed by atoms with E-state index in [1.165, 1.54) is 0 Å². The van der Waals surface area contributed by atoms with E-state index in [4.69, 9.17) is 4.74 Å². The number of ether oxygens (including phenoxy) is 1. The van der Waals surface area contributed by atoms with Crippen molar-refractivity contribution in [1.29, 1.82) is 0 Å². The maximum Gasteiger partial charge on any atom is 0.306 e. The molecule has 0 radical (unpaired) electrons. The average molecular weight is 243 g/mol. The molecule has 0 aromatic heterocycles. The fraction of sp³-hybridized carbons (Fsp3) is 0.846. The van der Waals surface area contributed by atoms with Crippen LogP contribution in [0.1, 0.15) is 53.9 Å². The second-order valence-electron chi connectivity index (χ2n) is 5.35. The van der Waals surface area contributed by atoms with E-state index in [2.05, 4.69) is 0 Å². The van der Waals surface area contributed by atoms with Crippen molar-refractivity contribution >= 4 is 11.9 Å². The monoisotopic (exact) mass is 243 g/mol. The molecule has 1 atom stereocenters. The lowest BCUT2D eigenvalue weighted by Crippen LogP contribution is -2.35. The highest BCUT2D eigenvalue weighted by molar-refractivity contribution is 5.81. The van der Waals surface area contributed by atoms with Gasteiger partial charge in [-0.05, 0) is 34.1 Å². The zero-order valence-electron chi connectivity index (χ0n) is 11.9. The van der Waals surface area contributed by atoms with Crippen LogP contribution < -0.4 is 0 Å². The normalized spacial score (nSPS) is 13.1. The molecule has 0 N–H and O–H groups in total. The second-order valence-corrected chi connectivity index (χ2v) is 5.35. The van der Waals surface area contributed by atoms with Gasteiger partial charge in [-0.25, -0.2) is 0 Å². The predicted octanol–water partition coefficient (Wildman–Crippen LogP) is 2.37. The molecule has 0 heterocycles. The molecule has 0 fully saturated rings. The SMILES string of the molecule is CCC(C)N(C)C(=O)CCC(=O)OC(C)(C)C. The quantitative estimate of drug-likeness (QED) is 0.696. The number of nitrogens with zero attached hydrogens (tertiary/aromatic N) is 1. The lowest BCUT2D eigenvalue weighted by Gasteiger charge is -2.24. The number of carbonyl (C=O) groups excluding carboxylic acids is 2. The molecular weight excluding hydrogens is 218 g/mol. The zero-order chi connectivity index (χ0) is 13.6. The summed E-state index contributed by atoms with van der Waals surface area (Å²) in [6, 6.07) is 0.209. The molecule has 0 aliphatic carbocycles. The van der Waals surface area contributed by atoms with Crippen molar-refractivity contribution < 1.29 is 14.3 Å². The molecule has 0 rings (SSSR count). The zero-order valence-corrected chi connectivity index (χ0v) is 11.9. The summed E-state index contributed by atoms with van der Waals surface area (Å²) in [6.07, 6.45) is 1.28. The van der Waals surface area contributed by atoms with Crippen LogP contribution in [-0.2, 0) is 14.3 Å². The minimum atomic E-state index is -0.483. The fourth-order valence-electron chi connectivity index (χ4n) is 1.30. The van der Waals surface area contributed by atoms with Gasteiger partial charge in [0.15, 0.2) is 0 Å². The molecule has 0 aliphatic rings. The molecule has 0 saturated heterocycles. The largest absolute Gasteiger partial charge is 0.460 e. The van der Waals surface area contributed by atoms with Crippen molar-refractivity contribution in [2.75, 3.05) is 7.05 Å². The lowest BCUT2D eigenvalue weighted by molar-refractivity contribution is -0.156. The summed E-state index contributed by atoms with van der Waals surface area (Å²) in [5, 5.41) is 0. The van der Waals surface area contributed by atoms with Gasteiger partial charge in [0, 0.05) is 19.5 Å². The molecule has 1 amide bonds. The molecule has 0 bridgehead atoms. The molecule has 0 aromatic rings. The first-order chi connectivity index (χ1) is 7.67. The Morgan fingerprint density at radius 3 is 2.18 bits per heavy atom. The molecule has 4 nitrogen and oxygen atoms in total. The molecule has 100 valence electrons. The van der Waals surface area contributed by atoms with Crippen LogP contribution in [0.4, 0.5) is 0 Å². The number of rotatable bonds is 5. The molecular formula is C13H25NO3. The highest BCUT2D eigenvalue weighted by atomic mass is 16.6. The molecule has 17 heavy (non-hydrogen) atoms. The Hall–Kier alpha value is -1.06. The standard InChI is InChI=1S/C13H25NO3/c1-7-10(2)14(6)11(15)8-9-12(16)17-13(3,4)5/h10H,7-9H2,1-6H3. The van der Waals surface area contributed by atoms with Crippen LogP contribution in [0.2, 0.25) is 0 Å². The Balaban J connectivity index is 4.04. The van der Waals surface area contributed by atoms with Gasteiger partial charge in [-0.1, -0.05) is 6.92 Å². The third kappa shape index (κ3) is 6.97. The topological polar surface area (TPSA) is 46.6 Å². The fourth-order valence-corrected chi connectivity index (χ4v) is 1.30. The minimum absolute atomic E-state index is 0.00907. The van der Waals surface area contributed by atoms with Crippen molar-refractivity contribution in [1.82, 2.24) is 4.90 Å². The molecule has 0 aliphatic heterocycles. The maximum atomic E-state index is 11.7. The van der Waals surface area contributed by atoms with Gasteiger partial charge < -0.3 is 9.64 Å². The van der Waals surface area contributed by atoms with Gasteiger partial charge in [0.1, 0.15) is 5.60 Å². The van der Waals surface area contributed by atoms with Gasteiger partial charge in [-0.3, -0.25) is 9.59 Å². The van der Waals surface area contributed by atoms with E-state index in [1.54, 1.807) is 11.9 Å². The van der Waals surface area contributed by atoms with Gasteiger partial charge in [0.2, 0.25) is 5.91 Å². The van der Waals surface area contributed by atoms with Crippen LogP contribution in [0, 0.1) is 0 Å². The minimum Gasteiger partial charge on any atom is -0.460 e. The van der Waals surface area contributed by atoms with E-state index >= 15 is 0 Å². The van der Waals surface area contributed by atoms with Crippen molar-refractivity contribution in [3.05, 3.63) is 0 Å². The van der Waals surface area contributed by atoms with Crippen LogP contribution in [0.25, 0.3) is 0 Å². The van der Waals surface area contributed by atoms with Crippen molar-refractivity contribution in [3.63, 3.8) is 0 Å². The smallest absolute Gasteiger partial charge is 0.306 e. The highest BCUT2D eigenvalue weighted by Gasteiger charge is 2.19. The Morgan fingerprint density at radius 1 is 1.24 bits per heavy atom. The third-order valence-corrected chi connectivity index (χ3v) is 2.61.